The molecule has 96 valence electrons. The van der Waals surface area contributed by atoms with E-state index >= 15 is 0 Å². The van der Waals surface area contributed by atoms with Crippen LogP contribution in [0.15, 0.2) is 0 Å². The highest BCUT2D eigenvalue weighted by molar-refractivity contribution is 5.77. The molecule has 0 saturated carbocycles. The lowest BCUT2D eigenvalue weighted by Crippen LogP contribution is -2.42. The van der Waals surface area contributed by atoms with Gasteiger partial charge >= 0.3 is 0 Å². The van der Waals surface area contributed by atoms with Crippen molar-refractivity contribution in [2.75, 3.05) is 33.2 Å². The summed E-state index contributed by atoms with van der Waals surface area (Å²) in [6.45, 7) is 11.0. The van der Waals surface area contributed by atoms with E-state index in [9.17, 15) is 4.79 Å². The van der Waals surface area contributed by atoms with Crippen LogP contribution in [0.2, 0.25) is 0 Å². The Labute approximate surface area is 99.6 Å². The highest BCUT2D eigenvalue weighted by atomic mass is 16.2. The molecule has 0 fully saturated rings. The first-order chi connectivity index (χ1) is 7.26. The average molecular weight is 229 g/mol. The predicted molar refractivity (Wildman–Crippen MR) is 68.2 cm³/mol. The van der Waals surface area contributed by atoms with Gasteiger partial charge in [-0.25, -0.2) is 0 Å². The first kappa shape index (κ1) is 15.4. The predicted octanol–water partition coefficient (Wildman–Crippen LogP) is 0.675. The Balaban J connectivity index is 3.87. The third-order valence-corrected chi connectivity index (χ3v) is 2.37. The lowest BCUT2D eigenvalue weighted by Gasteiger charge is -2.28. The molecule has 0 aliphatic carbocycles. The third kappa shape index (κ3) is 7.65. The van der Waals surface area contributed by atoms with Crippen LogP contribution in [0.1, 0.15) is 27.7 Å². The normalized spacial score (nSPS) is 12.2. The zero-order valence-electron chi connectivity index (χ0n) is 11.3. The van der Waals surface area contributed by atoms with Gasteiger partial charge in [-0.3, -0.25) is 9.69 Å². The third-order valence-electron chi connectivity index (χ3n) is 2.37. The number of carbonyl (C=O) groups is 1. The molecule has 0 aromatic rings. The monoisotopic (exact) mass is 229 g/mol. The standard InChI is InChI=1S/C12H27N3O/c1-10(2)6-14-11(16)7-15(5)9-12(3,4)8-13/h10H,6-9,13H2,1-5H3,(H,14,16). The van der Waals surface area contributed by atoms with Crippen LogP contribution in [0.3, 0.4) is 0 Å². The maximum absolute atomic E-state index is 11.5. The fourth-order valence-electron chi connectivity index (χ4n) is 1.47. The maximum Gasteiger partial charge on any atom is 0.234 e. The van der Waals surface area contributed by atoms with Crippen LogP contribution in [-0.2, 0) is 4.79 Å². The number of hydrogen-bond acceptors (Lipinski definition) is 3. The Morgan fingerprint density at radius 2 is 2.00 bits per heavy atom. The fraction of sp³-hybridized carbons (Fsp3) is 0.917. The Bertz CT molecular complexity index is 214. The molecule has 4 heteroatoms. The smallest absolute Gasteiger partial charge is 0.234 e. The van der Waals surface area contributed by atoms with E-state index in [1.165, 1.54) is 0 Å². The minimum Gasteiger partial charge on any atom is -0.355 e. The van der Waals surface area contributed by atoms with Gasteiger partial charge in [0.05, 0.1) is 6.54 Å². The summed E-state index contributed by atoms with van der Waals surface area (Å²) >= 11 is 0. The minimum absolute atomic E-state index is 0.0626. The quantitative estimate of drug-likeness (QED) is 0.675. The molecule has 0 aromatic carbocycles. The minimum atomic E-state index is 0.0626. The number of nitrogens with zero attached hydrogens (tertiary/aromatic N) is 1. The van der Waals surface area contributed by atoms with Crippen molar-refractivity contribution in [1.82, 2.24) is 10.2 Å². The van der Waals surface area contributed by atoms with Gasteiger partial charge in [0.25, 0.3) is 0 Å². The molecule has 1 amide bonds. The molecule has 0 aromatic heterocycles. The Kier molecular flexibility index (Phi) is 6.60. The van der Waals surface area contributed by atoms with Crippen LogP contribution < -0.4 is 11.1 Å². The number of carbonyl (C=O) groups excluding carboxylic acids is 1. The average Bonchev–Trinajstić information content (AvgIpc) is 2.13. The molecule has 4 nitrogen and oxygen atoms in total. The second kappa shape index (κ2) is 6.86. The summed E-state index contributed by atoms with van der Waals surface area (Å²) in [5.41, 5.74) is 5.72. The number of amides is 1. The Hall–Kier alpha value is -0.610. The van der Waals surface area contributed by atoms with Gasteiger partial charge in [0.15, 0.2) is 0 Å². The number of nitrogens with two attached hydrogens (primary N) is 1. The molecule has 0 spiro atoms. The molecule has 0 radical (unpaired) electrons. The molecule has 0 bridgehead atoms. The largest absolute Gasteiger partial charge is 0.355 e. The van der Waals surface area contributed by atoms with E-state index in [2.05, 4.69) is 33.0 Å². The summed E-state index contributed by atoms with van der Waals surface area (Å²) in [4.78, 5) is 13.6. The van der Waals surface area contributed by atoms with Crippen LogP contribution in [0.5, 0.6) is 0 Å². The number of nitrogens with one attached hydrogen (secondary N) is 1. The van der Waals surface area contributed by atoms with E-state index in [0.29, 0.717) is 19.0 Å². The molecule has 0 rings (SSSR count). The van der Waals surface area contributed by atoms with Crippen LogP contribution in [0.25, 0.3) is 0 Å². The first-order valence-corrected chi connectivity index (χ1v) is 5.92. The molecule has 0 aliphatic heterocycles. The number of likely N-dealkylation sites (N-methyl/N-ethyl adjacent to an activating group) is 1. The van der Waals surface area contributed by atoms with Gasteiger partial charge in [-0.2, -0.15) is 0 Å². The fourth-order valence-corrected chi connectivity index (χ4v) is 1.47. The molecule has 0 saturated heterocycles. The molecule has 0 heterocycles. The molecule has 3 N–H and O–H groups in total. The van der Waals surface area contributed by atoms with E-state index in [1.807, 2.05) is 11.9 Å². The van der Waals surface area contributed by atoms with E-state index in [-0.39, 0.29) is 11.3 Å². The zero-order chi connectivity index (χ0) is 12.8. The highest BCUT2D eigenvalue weighted by Gasteiger charge is 2.19. The summed E-state index contributed by atoms with van der Waals surface area (Å²) in [6, 6.07) is 0. The van der Waals surface area contributed by atoms with Gasteiger partial charge in [-0.15, -0.1) is 0 Å². The van der Waals surface area contributed by atoms with Crippen molar-refractivity contribution in [1.29, 1.82) is 0 Å². The lowest BCUT2D eigenvalue weighted by atomic mass is 9.93. The van der Waals surface area contributed by atoms with E-state index < -0.39 is 0 Å². The van der Waals surface area contributed by atoms with Gasteiger partial charge in [0.1, 0.15) is 0 Å². The second-order valence-electron chi connectivity index (χ2n) is 5.74. The van der Waals surface area contributed by atoms with Crippen molar-refractivity contribution < 1.29 is 4.79 Å². The molecular weight excluding hydrogens is 202 g/mol. The van der Waals surface area contributed by atoms with Crippen LogP contribution in [0, 0.1) is 11.3 Å². The summed E-state index contributed by atoms with van der Waals surface area (Å²) in [5.74, 6) is 0.582. The maximum atomic E-state index is 11.5. The van der Waals surface area contributed by atoms with Gasteiger partial charge in [0.2, 0.25) is 5.91 Å². The second-order valence-corrected chi connectivity index (χ2v) is 5.74. The van der Waals surface area contributed by atoms with Gasteiger partial charge < -0.3 is 11.1 Å². The lowest BCUT2D eigenvalue weighted by molar-refractivity contribution is -0.122. The summed E-state index contributed by atoms with van der Waals surface area (Å²) in [6.07, 6.45) is 0. The van der Waals surface area contributed by atoms with Crippen molar-refractivity contribution in [3.63, 3.8) is 0 Å². The Morgan fingerprint density at radius 3 is 2.44 bits per heavy atom. The molecule has 0 unspecified atom stereocenters. The highest BCUT2D eigenvalue weighted by Crippen LogP contribution is 2.13. The number of rotatable bonds is 7. The van der Waals surface area contributed by atoms with Gasteiger partial charge in [-0.1, -0.05) is 27.7 Å². The topological polar surface area (TPSA) is 58.4 Å². The molecule has 0 aliphatic rings. The Morgan fingerprint density at radius 1 is 1.44 bits per heavy atom. The summed E-state index contributed by atoms with van der Waals surface area (Å²) < 4.78 is 0. The van der Waals surface area contributed by atoms with E-state index in [1.54, 1.807) is 0 Å². The van der Waals surface area contributed by atoms with Gasteiger partial charge in [-0.05, 0) is 24.9 Å². The van der Waals surface area contributed by atoms with Gasteiger partial charge in [0, 0.05) is 13.1 Å². The SMILES string of the molecule is CC(C)CNC(=O)CN(C)CC(C)(C)CN. The van der Waals surface area contributed by atoms with E-state index in [0.717, 1.165) is 13.1 Å². The molecular formula is C12H27N3O. The van der Waals surface area contributed by atoms with Crippen molar-refractivity contribution >= 4 is 5.91 Å². The van der Waals surface area contributed by atoms with Crippen LogP contribution >= 0.6 is 0 Å². The van der Waals surface area contributed by atoms with Crippen molar-refractivity contribution in [3.8, 4) is 0 Å². The summed E-state index contributed by atoms with van der Waals surface area (Å²) in [7, 11) is 1.95. The molecule has 0 atom stereocenters. The van der Waals surface area contributed by atoms with Crippen molar-refractivity contribution in [2.24, 2.45) is 17.1 Å². The van der Waals surface area contributed by atoms with Crippen molar-refractivity contribution in [2.45, 2.75) is 27.7 Å². The zero-order valence-corrected chi connectivity index (χ0v) is 11.3. The van der Waals surface area contributed by atoms with Crippen LogP contribution in [-0.4, -0.2) is 44.0 Å². The van der Waals surface area contributed by atoms with Crippen molar-refractivity contribution in [3.05, 3.63) is 0 Å². The first-order valence-electron chi connectivity index (χ1n) is 5.92. The van der Waals surface area contributed by atoms with E-state index in [4.69, 9.17) is 5.73 Å². The molecule has 16 heavy (non-hydrogen) atoms. The summed E-state index contributed by atoms with van der Waals surface area (Å²) in [5, 5.41) is 2.90. The number of hydrogen-bond donors (Lipinski definition) is 2. The van der Waals surface area contributed by atoms with Crippen LogP contribution in [0.4, 0.5) is 0 Å².